The smallest absolute Gasteiger partial charge is 0.147 e. The van der Waals surface area contributed by atoms with Gasteiger partial charge >= 0.3 is 0 Å². The number of anilines is 3. The number of hydrogen-bond donors (Lipinski definition) is 0. The molecule has 0 N–H and O–H groups in total. The molecule has 59 heavy (non-hydrogen) atoms. The Balaban J connectivity index is 1.08. The Morgan fingerprint density at radius 2 is 0.729 bits per heavy atom. The molecular weight excluding hydrogens is 727 g/mol. The molecule has 13 rings (SSSR count). The van der Waals surface area contributed by atoms with Crippen LogP contribution in [-0.4, -0.2) is 0 Å². The summed E-state index contributed by atoms with van der Waals surface area (Å²) < 4.78 is 26.3. The van der Waals surface area contributed by atoms with E-state index < -0.39 is 0 Å². The fourth-order valence-electron chi connectivity index (χ4n) is 9.18. The summed E-state index contributed by atoms with van der Waals surface area (Å²) in [6.07, 6.45) is 0. The molecule has 0 bridgehead atoms. The predicted octanol–water partition coefficient (Wildman–Crippen LogP) is 16.1. The summed E-state index contributed by atoms with van der Waals surface area (Å²) in [5.74, 6) is 0. The van der Waals surface area contributed by atoms with E-state index in [0.717, 1.165) is 127 Å². The van der Waals surface area contributed by atoms with Gasteiger partial charge in [0.05, 0.1) is 5.39 Å². The zero-order valence-electron chi connectivity index (χ0n) is 31.5. The minimum absolute atomic E-state index is 0.796. The topological polar surface area (TPSA) is 55.8 Å². The van der Waals surface area contributed by atoms with Crippen LogP contribution < -0.4 is 4.90 Å². The summed E-state index contributed by atoms with van der Waals surface area (Å²) in [5, 5.41) is 8.48. The third-order valence-electron chi connectivity index (χ3n) is 11.9. The monoisotopic (exact) mass is 757 g/mol. The van der Waals surface area contributed by atoms with E-state index in [1.807, 2.05) is 48.5 Å². The lowest BCUT2D eigenvalue weighted by Gasteiger charge is -2.27. The van der Waals surface area contributed by atoms with Gasteiger partial charge in [0, 0.05) is 72.5 Å². The average molecular weight is 758 g/mol. The van der Waals surface area contributed by atoms with Crippen molar-refractivity contribution in [3.05, 3.63) is 188 Å². The molecule has 0 aliphatic rings. The van der Waals surface area contributed by atoms with Gasteiger partial charge in [-0.1, -0.05) is 109 Å². The van der Waals surface area contributed by atoms with Crippen LogP contribution in [0.3, 0.4) is 0 Å². The van der Waals surface area contributed by atoms with Crippen molar-refractivity contribution in [2.24, 2.45) is 0 Å². The number of para-hydroxylation sites is 4. The summed E-state index contributed by atoms with van der Waals surface area (Å²) in [6.45, 7) is 0. The Morgan fingerprint density at radius 1 is 0.271 bits per heavy atom. The third-order valence-corrected chi connectivity index (χ3v) is 11.9. The maximum atomic E-state index is 6.79. The molecule has 0 radical (unpaired) electrons. The van der Waals surface area contributed by atoms with Crippen LogP contribution in [-0.2, 0) is 0 Å². The van der Waals surface area contributed by atoms with Gasteiger partial charge in [-0.05, 0) is 83.4 Å². The third kappa shape index (κ3) is 4.79. The van der Waals surface area contributed by atoms with E-state index in [1.54, 1.807) is 0 Å². The van der Waals surface area contributed by atoms with Crippen LogP contribution >= 0.6 is 0 Å². The second kappa shape index (κ2) is 12.2. The lowest BCUT2D eigenvalue weighted by atomic mass is 9.91. The van der Waals surface area contributed by atoms with Crippen LogP contribution in [0.25, 0.3) is 110 Å². The van der Waals surface area contributed by atoms with Crippen molar-refractivity contribution in [2.45, 2.75) is 0 Å². The molecule has 0 unspecified atom stereocenters. The maximum Gasteiger partial charge on any atom is 0.147 e. The van der Waals surface area contributed by atoms with Crippen molar-refractivity contribution < 1.29 is 17.7 Å². The summed E-state index contributed by atoms with van der Waals surface area (Å²) in [5.41, 5.74) is 13.8. The first kappa shape index (κ1) is 32.1. The highest BCUT2D eigenvalue weighted by atomic mass is 16.3. The molecular formula is C54H31NO4. The van der Waals surface area contributed by atoms with Gasteiger partial charge < -0.3 is 22.6 Å². The second-order valence-electron chi connectivity index (χ2n) is 15.2. The molecule has 13 aromatic rings. The van der Waals surface area contributed by atoms with Crippen molar-refractivity contribution in [1.29, 1.82) is 0 Å². The summed E-state index contributed by atoms with van der Waals surface area (Å²) >= 11 is 0. The normalized spacial score (nSPS) is 12.1. The zero-order valence-corrected chi connectivity index (χ0v) is 31.5. The van der Waals surface area contributed by atoms with Crippen molar-refractivity contribution in [1.82, 2.24) is 0 Å². The van der Waals surface area contributed by atoms with Crippen LogP contribution in [0.15, 0.2) is 206 Å². The van der Waals surface area contributed by atoms with E-state index in [-0.39, 0.29) is 0 Å². The SMILES string of the molecule is c1ccc(-c2cc(N(c3ccc4c(c3)oc3ccccc34)c3ccc4c(c3)oc3ccccc34)ccc2-c2cc3c4ccccc4oc3c3c2oc2ccccc23)cc1. The van der Waals surface area contributed by atoms with Crippen molar-refractivity contribution in [3.63, 3.8) is 0 Å². The fraction of sp³-hybridized carbons (Fsp3) is 0. The van der Waals surface area contributed by atoms with Crippen LogP contribution in [0.1, 0.15) is 0 Å². The average Bonchev–Trinajstić information content (AvgIpc) is 4.06. The molecule has 0 amide bonds. The number of hydrogen-bond acceptors (Lipinski definition) is 5. The first-order chi connectivity index (χ1) is 29.2. The number of benzene rings is 9. The Bertz CT molecular complexity index is 3690. The summed E-state index contributed by atoms with van der Waals surface area (Å²) in [6, 6.07) is 65.5. The van der Waals surface area contributed by atoms with E-state index in [0.29, 0.717) is 0 Å². The maximum absolute atomic E-state index is 6.79. The first-order valence-electron chi connectivity index (χ1n) is 19.8. The quantitative estimate of drug-likeness (QED) is 0.175. The van der Waals surface area contributed by atoms with Crippen molar-refractivity contribution in [2.75, 3.05) is 4.90 Å². The van der Waals surface area contributed by atoms with Crippen LogP contribution in [0.5, 0.6) is 0 Å². The molecule has 0 fully saturated rings. The van der Waals surface area contributed by atoms with Gasteiger partial charge in [-0.2, -0.15) is 0 Å². The molecule has 5 nitrogen and oxygen atoms in total. The zero-order chi connectivity index (χ0) is 38.6. The van der Waals surface area contributed by atoms with Gasteiger partial charge in [-0.15, -0.1) is 0 Å². The van der Waals surface area contributed by atoms with Gasteiger partial charge in [-0.3, -0.25) is 0 Å². The van der Waals surface area contributed by atoms with Gasteiger partial charge in [0.1, 0.15) is 44.7 Å². The molecule has 4 heterocycles. The molecule has 0 aliphatic heterocycles. The standard InChI is InChI=1S/C54H31NO4/c1-2-12-32(13-3-1)43-28-33(22-25-36(43)44-31-45-39-16-6-10-20-48(39)58-54(45)52-42-17-7-11-21-49(42)59-53(44)52)55(34-23-26-40-37-14-4-8-18-46(37)56-50(40)29-34)35-24-27-41-38-15-5-9-19-47(38)57-51(41)30-35/h1-31H. The summed E-state index contributed by atoms with van der Waals surface area (Å²) in [4.78, 5) is 2.29. The molecule has 0 atom stereocenters. The Labute approximate surface area is 336 Å². The van der Waals surface area contributed by atoms with Gasteiger partial charge in [0.15, 0.2) is 0 Å². The van der Waals surface area contributed by atoms with E-state index in [4.69, 9.17) is 17.7 Å². The number of nitrogens with zero attached hydrogens (tertiary/aromatic N) is 1. The van der Waals surface area contributed by atoms with Crippen molar-refractivity contribution in [3.8, 4) is 22.3 Å². The number of fused-ring (bicyclic) bond motifs is 13. The Kier molecular flexibility index (Phi) is 6.66. The lowest BCUT2D eigenvalue weighted by Crippen LogP contribution is -2.10. The van der Waals surface area contributed by atoms with Gasteiger partial charge in [-0.25, -0.2) is 0 Å². The van der Waals surface area contributed by atoms with Gasteiger partial charge in [0.25, 0.3) is 0 Å². The van der Waals surface area contributed by atoms with E-state index >= 15 is 0 Å². The predicted molar refractivity (Wildman–Crippen MR) is 241 cm³/mol. The molecule has 0 spiro atoms. The highest BCUT2D eigenvalue weighted by molar-refractivity contribution is 6.25. The van der Waals surface area contributed by atoms with E-state index in [2.05, 4.69) is 144 Å². The fourth-order valence-corrected chi connectivity index (χ4v) is 9.18. The molecule has 0 saturated heterocycles. The minimum atomic E-state index is 0.796. The molecule has 4 aromatic heterocycles. The largest absolute Gasteiger partial charge is 0.456 e. The molecule has 9 aromatic carbocycles. The second-order valence-corrected chi connectivity index (χ2v) is 15.2. The van der Waals surface area contributed by atoms with Crippen molar-refractivity contribution >= 4 is 105 Å². The molecule has 0 saturated carbocycles. The number of rotatable bonds is 5. The highest BCUT2D eigenvalue weighted by Crippen LogP contribution is 2.48. The first-order valence-corrected chi connectivity index (χ1v) is 19.8. The van der Waals surface area contributed by atoms with Crippen LogP contribution in [0.4, 0.5) is 17.1 Å². The molecule has 276 valence electrons. The van der Waals surface area contributed by atoms with Crippen LogP contribution in [0.2, 0.25) is 0 Å². The van der Waals surface area contributed by atoms with E-state index in [9.17, 15) is 0 Å². The summed E-state index contributed by atoms with van der Waals surface area (Å²) in [7, 11) is 0. The highest BCUT2D eigenvalue weighted by Gasteiger charge is 2.24. The molecule has 0 aliphatic carbocycles. The Morgan fingerprint density at radius 3 is 1.36 bits per heavy atom. The van der Waals surface area contributed by atoms with Crippen LogP contribution in [0, 0.1) is 0 Å². The molecule has 5 heteroatoms. The Hall–Kier alpha value is -8.02. The van der Waals surface area contributed by atoms with E-state index in [1.165, 1.54) is 0 Å². The van der Waals surface area contributed by atoms with Gasteiger partial charge in [0.2, 0.25) is 0 Å². The minimum Gasteiger partial charge on any atom is -0.456 e. The number of furan rings is 4. The lowest BCUT2D eigenvalue weighted by molar-refractivity contribution is 0.663.